The molecule has 8 heteroatoms. The number of hydrogen-bond acceptors (Lipinski definition) is 5. The molecule has 1 amide bonds. The molecule has 0 saturated carbocycles. The lowest BCUT2D eigenvalue weighted by molar-refractivity contribution is -0.385. The number of carboxylic acids is 1. The quantitative estimate of drug-likeness (QED) is 0.590. The number of amides is 1. The van der Waals surface area contributed by atoms with E-state index < -0.39 is 22.8 Å². The summed E-state index contributed by atoms with van der Waals surface area (Å²) in [5.74, 6) is -1.55. The van der Waals surface area contributed by atoms with E-state index in [-0.39, 0.29) is 18.0 Å². The smallest absolute Gasteiger partial charge is 0.329 e. The maximum Gasteiger partial charge on any atom is 0.329 e. The van der Waals surface area contributed by atoms with Crippen molar-refractivity contribution in [1.82, 2.24) is 5.32 Å². The number of nitro groups is 1. The largest absolute Gasteiger partial charge is 0.490 e. The fourth-order valence-corrected chi connectivity index (χ4v) is 1.55. The van der Waals surface area contributed by atoms with Gasteiger partial charge in [0.25, 0.3) is 5.69 Å². The Morgan fingerprint density at radius 1 is 1.50 bits per heavy atom. The van der Waals surface area contributed by atoms with Crippen LogP contribution >= 0.6 is 0 Å². The van der Waals surface area contributed by atoms with Gasteiger partial charge >= 0.3 is 5.97 Å². The van der Waals surface area contributed by atoms with Gasteiger partial charge in [-0.2, -0.15) is 0 Å². The number of nitro benzene ring substituents is 1. The van der Waals surface area contributed by atoms with Crippen molar-refractivity contribution < 1.29 is 24.4 Å². The topological polar surface area (TPSA) is 119 Å². The summed E-state index contributed by atoms with van der Waals surface area (Å²) in [7, 11) is 0. The zero-order valence-electron chi connectivity index (χ0n) is 11.0. The fourth-order valence-electron chi connectivity index (χ4n) is 1.55. The van der Waals surface area contributed by atoms with Gasteiger partial charge in [-0.1, -0.05) is 6.07 Å². The predicted octanol–water partition coefficient (Wildman–Crippen LogP) is 0.871. The van der Waals surface area contributed by atoms with Crippen LogP contribution < -0.4 is 10.1 Å². The molecule has 0 heterocycles. The third kappa shape index (κ3) is 3.94. The van der Waals surface area contributed by atoms with Crippen LogP contribution in [0.4, 0.5) is 5.69 Å². The molecule has 0 bridgehead atoms. The third-order valence-corrected chi connectivity index (χ3v) is 2.53. The van der Waals surface area contributed by atoms with Crippen LogP contribution in [0.15, 0.2) is 18.2 Å². The lowest BCUT2D eigenvalue weighted by Gasteiger charge is -2.15. The number of hydrogen-bond donors (Lipinski definition) is 2. The van der Waals surface area contributed by atoms with Crippen LogP contribution in [0.2, 0.25) is 0 Å². The third-order valence-electron chi connectivity index (χ3n) is 2.53. The van der Waals surface area contributed by atoms with Gasteiger partial charge in [0.2, 0.25) is 5.91 Å². The van der Waals surface area contributed by atoms with Gasteiger partial charge in [-0.25, -0.2) is 4.79 Å². The Morgan fingerprint density at radius 2 is 2.15 bits per heavy atom. The van der Waals surface area contributed by atoms with Crippen LogP contribution in [0.1, 0.15) is 12.5 Å². The average molecular weight is 282 g/mol. The molecular formula is C12H14N2O6. The molecule has 0 aromatic heterocycles. The first-order valence-corrected chi connectivity index (χ1v) is 5.69. The van der Waals surface area contributed by atoms with Gasteiger partial charge in [-0.05, 0) is 13.0 Å². The number of nitrogens with one attached hydrogen (secondary N) is 1. The Bertz CT molecular complexity index is 543. The van der Waals surface area contributed by atoms with Crippen LogP contribution in [-0.4, -0.2) is 34.6 Å². The molecule has 8 nitrogen and oxygen atoms in total. The second-order valence-corrected chi connectivity index (χ2v) is 4.06. The van der Waals surface area contributed by atoms with Gasteiger partial charge in [-0.15, -0.1) is 0 Å². The Hall–Kier alpha value is -2.64. The van der Waals surface area contributed by atoms with E-state index in [1.165, 1.54) is 32.0 Å². The summed E-state index contributed by atoms with van der Waals surface area (Å²) in [5, 5.41) is 21.9. The number of ether oxygens (including phenoxy) is 1. The minimum Gasteiger partial charge on any atom is -0.490 e. The summed E-state index contributed by atoms with van der Waals surface area (Å²) >= 11 is 0. The van der Waals surface area contributed by atoms with Crippen molar-refractivity contribution in [3.63, 3.8) is 0 Å². The Kier molecular flexibility index (Phi) is 5.01. The molecule has 0 fully saturated rings. The van der Waals surface area contributed by atoms with E-state index in [0.29, 0.717) is 5.56 Å². The monoisotopic (exact) mass is 282 g/mol. The lowest BCUT2D eigenvalue weighted by Crippen LogP contribution is -2.43. The highest BCUT2D eigenvalue weighted by atomic mass is 16.6. The molecule has 1 atom stereocenters. The predicted molar refractivity (Wildman–Crippen MR) is 68.6 cm³/mol. The SMILES string of the molecule is CC(=O)NC(COc1cccc([N+](=O)[O-])c1C)C(=O)O. The summed E-state index contributed by atoms with van der Waals surface area (Å²) in [4.78, 5) is 32.0. The van der Waals surface area contributed by atoms with Gasteiger partial charge in [0.1, 0.15) is 12.4 Å². The normalized spacial score (nSPS) is 11.5. The van der Waals surface area contributed by atoms with Crippen molar-refractivity contribution in [2.75, 3.05) is 6.61 Å². The van der Waals surface area contributed by atoms with E-state index in [0.717, 1.165) is 0 Å². The lowest BCUT2D eigenvalue weighted by atomic mass is 10.2. The highest BCUT2D eigenvalue weighted by Crippen LogP contribution is 2.26. The van der Waals surface area contributed by atoms with E-state index in [1.54, 1.807) is 0 Å². The molecule has 1 rings (SSSR count). The molecule has 0 saturated heterocycles. The number of aliphatic carboxylic acids is 1. The van der Waals surface area contributed by atoms with Crippen molar-refractivity contribution in [2.24, 2.45) is 0 Å². The first-order valence-electron chi connectivity index (χ1n) is 5.69. The molecule has 108 valence electrons. The molecule has 1 aromatic carbocycles. The van der Waals surface area contributed by atoms with Crippen LogP contribution in [-0.2, 0) is 9.59 Å². The van der Waals surface area contributed by atoms with Gasteiger partial charge in [0, 0.05) is 13.0 Å². The standard InChI is InChI=1S/C12H14N2O6/c1-7-10(14(18)19)4-3-5-11(7)20-6-9(12(16)17)13-8(2)15/h3-5,9H,6H2,1-2H3,(H,13,15)(H,16,17). The second kappa shape index (κ2) is 6.50. The highest BCUT2D eigenvalue weighted by molar-refractivity contribution is 5.82. The number of carbonyl (C=O) groups excluding carboxylic acids is 1. The molecule has 0 aliphatic carbocycles. The number of carbonyl (C=O) groups is 2. The van der Waals surface area contributed by atoms with E-state index in [4.69, 9.17) is 9.84 Å². The maximum absolute atomic E-state index is 10.9. The van der Waals surface area contributed by atoms with Gasteiger partial charge in [0.05, 0.1) is 10.5 Å². The van der Waals surface area contributed by atoms with Crippen molar-refractivity contribution in [1.29, 1.82) is 0 Å². The van der Waals surface area contributed by atoms with E-state index in [2.05, 4.69) is 5.32 Å². The number of carboxylic acid groups (broad SMARTS) is 1. The van der Waals surface area contributed by atoms with Gasteiger partial charge in [0.15, 0.2) is 6.04 Å². The maximum atomic E-state index is 10.9. The molecule has 1 aromatic rings. The number of rotatable bonds is 6. The van der Waals surface area contributed by atoms with E-state index in [1.807, 2.05) is 0 Å². The minimum atomic E-state index is -1.25. The Labute approximate surface area is 114 Å². The summed E-state index contributed by atoms with van der Waals surface area (Å²) in [6.45, 7) is 2.37. The molecular weight excluding hydrogens is 268 g/mol. The summed E-state index contributed by atoms with van der Waals surface area (Å²) in [5.41, 5.74) is 0.179. The fraction of sp³-hybridized carbons (Fsp3) is 0.333. The molecule has 20 heavy (non-hydrogen) atoms. The van der Waals surface area contributed by atoms with Crippen LogP contribution in [0, 0.1) is 17.0 Å². The van der Waals surface area contributed by atoms with Crippen molar-refractivity contribution in [2.45, 2.75) is 19.9 Å². The van der Waals surface area contributed by atoms with E-state index in [9.17, 15) is 19.7 Å². The molecule has 0 aliphatic rings. The summed E-state index contributed by atoms with van der Waals surface area (Å²) < 4.78 is 5.25. The number of benzene rings is 1. The Balaban J connectivity index is 2.83. The van der Waals surface area contributed by atoms with Crippen molar-refractivity contribution >= 4 is 17.6 Å². The van der Waals surface area contributed by atoms with Crippen molar-refractivity contribution in [3.05, 3.63) is 33.9 Å². The summed E-state index contributed by atoms with van der Waals surface area (Å²) in [6.07, 6.45) is 0. The first kappa shape index (κ1) is 15.4. The van der Waals surface area contributed by atoms with E-state index >= 15 is 0 Å². The molecule has 0 aliphatic heterocycles. The van der Waals surface area contributed by atoms with Crippen LogP contribution in [0.3, 0.4) is 0 Å². The van der Waals surface area contributed by atoms with Crippen LogP contribution in [0.25, 0.3) is 0 Å². The molecule has 0 spiro atoms. The molecule has 1 unspecified atom stereocenters. The van der Waals surface area contributed by atoms with Gasteiger partial charge < -0.3 is 15.2 Å². The van der Waals surface area contributed by atoms with Gasteiger partial charge in [-0.3, -0.25) is 14.9 Å². The summed E-state index contributed by atoms with van der Waals surface area (Å²) in [6, 6.07) is 3.04. The zero-order chi connectivity index (χ0) is 15.3. The molecule has 2 N–H and O–H groups in total. The van der Waals surface area contributed by atoms with Crippen LogP contribution in [0.5, 0.6) is 5.75 Å². The average Bonchev–Trinajstić information content (AvgIpc) is 2.34. The highest BCUT2D eigenvalue weighted by Gasteiger charge is 2.21. The zero-order valence-corrected chi connectivity index (χ0v) is 11.0. The first-order chi connectivity index (χ1) is 9.32. The Morgan fingerprint density at radius 3 is 2.65 bits per heavy atom. The second-order valence-electron chi connectivity index (χ2n) is 4.06. The number of nitrogens with zero attached hydrogens (tertiary/aromatic N) is 1. The molecule has 0 radical (unpaired) electrons. The minimum absolute atomic E-state index is 0.117. The van der Waals surface area contributed by atoms with Crippen molar-refractivity contribution in [3.8, 4) is 5.75 Å².